The standard InChI is InChI=1S/C19H18N4O2/c1-12(2)23-16-9-8-13(10-14(16)11-20-23)19-21-18(22-25-19)15-6-4-5-7-17(15)24-3/h4-12H,1-3H3. The van der Waals surface area contributed by atoms with Crippen molar-refractivity contribution in [2.45, 2.75) is 19.9 Å². The molecule has 0 fully saturated rings. The second-order valence-corrected chi connectivity index (χ2v) is 6.08. The summed E-state index contributed by atoms with van der Waals surface area (Å²) in [4.78, 5) is 4.52. The minimum absolute atomic E-state index is 0.309. The van der Waals surface area contributed by atoms with E-state index in [4.69, 9.17) is 9.26 Å². The van der Waals surface area contributed by atoms with Gasteiger partial charge in [-0.15, -0.1) is 0 Å². The van der Waals surface area contributed by atoms with Crippen molar-refractivity contribution < 1.29 is 9.26 Å². The Morgan fingerprint density at radius 1 is 1.12 bits per heavy atom. The summed E-state index contributed by atoms with van der Waals surface area (Å²) >= 11 is 0. The summed E-state index contributed by atoms with van der Waals surface area (Å²) in [5, 5.41) is 9.58. The molecule has 0 aliphatic rings. The average Bonchev–Trinajstić information content (AvgIpc) is 3.28. The van der Waals surface area contributed by atoms with E-state index >= 15 is 0 Å². The lowest BCUT2D eigenvalue weighted by Crippen LogP contribution is -2.01. The molecule has 0 aliphatic heterocycles. The van der Waals surface area contributed by atoms with Crippen LogP contribution in [-0.4, -0.2) is 27.0 Å². The van der Waals surface area contributed by atoms with Crippen molar-refractivity contribution in [3.8, 4) is 28.6 Å². The highest BCUT2D eigenvalue weighted by Gasteiger charge is 2.15. The fourth-order valence-electron chi connectivity index (χ4n) is 2.88. The predicted octanol–water partition coefficient (Wildman–Crippen LogP) is 4.34. The van der Waals surface area contributed by atoms with Gasteiger partial charge in [-0.2, -0.15) is 10.1 Å². The lowest BCUT2D eigenvalue weighted by Gasteiger charge is -2.06. The molecule has 2 aromatic carbocycles. The van der Waals surface area contributed by atoms with Gasteiger partial charge in [-0.05, 0) is 44.2 Å². The first-order chi connectivity index (χ1) is 12.2. The van der Waals surface area contributed by atoms with E-state index < -0.39 is 0 Å². The number of para-hydroxylation sites is 1. The molecule has 0 spiro atoms. The molecule has 0 amide bonds. The van der Waals surface area contributed by atoms with Crippen molar-refractivity contribution in [3.63, 3.8) is 0 Å². The van der Waals surface area contributed by atoms with E-state index in [2.05, 4.69) is 29.1 Å². The monoisotopic (exact) mass is 334 g/mol. The molecule has 0 saturated carbocycles. The van der Waals surface area contributed by atoms with E-state index in [0.717, 1.165) is 22.0 Å². The summed E-state index contributed by atoms with van der Waals surface area (Å²) in [6, 6.07) is 13.9. The van der Waals surface area contributed by atoms with E-state index in [9.17, 15) is 0 Å². The van der Waals surface area contributed by atoms with Crippen LogP contribution in [0.5, 0.6) is 5.75 Å². The van der Waals surface area contributed by atoms with Gasteiger partial charge >= 0.3 is 0 Å². The van der Waals surface area contributed by atoms with Gasteiger partial charge in [0, 0.05) is 17.0 Å². The van der Waals surface area contributed by atoms with Gasteiger partial charge in [0.2, 0.25) is 5.82 Å². The van der Waals surface area contributed by atoms with Crippen LogP contribution in [0.3, 0.4) is 0 Å². The molecule has 0 aliphatic carbocycles. The third-order valence-corrected chi connectivity index (χ3v) is 4.11. The largest absolute Gasteiger partial charge is 0.496 e. The zero-order valence-electron chi connectivity index (χ0n) is 14.3. The fraction of sp³-hybridized carbons (Fsp3) is 0.211. The van der Waals surface area contributed by atoms with Crippen LogP contribution in [0.4, 0.5) is 0 Å². The number of benzene rings is 2. The molecule has 4 aromatic rings. The van der Waals surface area contributed by atoms with E-state index in [-0.39, 0.29) is 0 Å². The van der Waals surface area contributed by atoms with Crippen molar-refractivity contribution >= 4 is 10.9 Å². The molecule has 0 radical (unpaired) electrons. The van der Waals surface area contributed by atoms with Crippen LogP contribution in [0.1, 0.15) is 19.9 Å². The Labute approximate surface area is 145 Å². The number of aromatic nitrogens is 4. The van der Waals surface area contributed by atoms with Crippen LogP contribution in [0.2, 0.25) is 0 Å². The predicted molar refractivity (Wildman–Crippen MR) is 95.4 cm³/mol. The first-order valence-electron chi connectivity index (χ1n) is 8.12. The number of nitrogens with zero attached hydrogens (tertiary/aromatic N) is 4. The highest BCUT2D eigenvalue weighted by Crippen LogP contribution is 2.30. The highest BCUT2D eigenvalue weighted by molar-refractivity contribution is 5.83. The average molecular weight is 334 g/mol. The zero-order valence-corrected chi connectivity index (χ0v) is 14.3. The molecule has 2 aromatic heterocycles. The van der Waals surface area contributed by atoms with Gasteiger partial charge in [0.25, 0.3) is 5.89 Å². The third-order valence-electron chi connectivity index (χ3n) is 4.11. The number of rotatable bonds is 4. The van der Waals surface area contributed by atoms with E-state index in [1.807, 2.05) is 53.3 Å². The topological polar surface area (TPSA) is 66.0 Å². The first-order valence-corrected chi connectivity index (χ1v) is 8.12. The van der Waals surface area contributed by atoms with E-state index in [0.29, 0.717) is 23.5 Å². The Morgan fingerprint density at radius 3 is 2.76 bits per heavy atom. The SMILES string of the molecule is COc1ccccc1-c1noc(-c2ccc3c(cnn3C(C)C)c2)n1. The Balaban J connectivity index is 1.74. The quantitative estimate of drug-likeness (QED) is 0.555. The van der Waals surface area contributed by atoms with Crippen molar-refractivity contribution in [1.82, 2.24) is 19.9 Å². The smallest absolute Gasteiger partial charge is 0.258 e. The molecule has 0 N–H and O–H groups in total. The minimum Gasteiger partial charge on any atom is -0.496 e. The number of ether oxygens (including phenoxy) is 1. The van der Waals surface area contributed by atoms with Crippen molar-refractivity contribution in [2.24, 2.45) is 0 Å². The molecular formula is C19H18N4O2. The molecule has 6 heteroatoms. The normalized spacial score (nSPS) is 11.4. The summed E-state index contributed by atoms with van der Waals surface area (Å²) in [5.41, 5.74) is 2.75. The van der Waals surface area contributed by atoms with Crippen LogP contribution in [0, 0.1) is 0 Å². The van der Waals surface area contributed by atoms with Crippen molar-refractivity contribution in [1.29, 1.82) is 0 Å². The Morgan fingerprint density at radius 2 is 1.96 bits per heavy atom. The van der Waals surface area contributed by atoms with Crippen LogP contribution in [-0.2, 0) is 0 Å². The maximum Gasteiger partial charge on any atom is 0.258 e. The number of hydrogen-bond acceptors (Lipinski definition) is 5. The third kappa shape index (κ3) is 2.65. The molecule has 2 heterocycles. The molecule has 126 valence electrons. The lowest BCUT2D eigenvalue weighted by atomic mass is 10.1. The van der Waals surface area contributed by atoms with Gasteiger partial charge < -0.3 is 9.26 Å². The van der Waals surface area contributed by atoms with Gasteiger partial charge in [0.05, 0.1) is 24.4 Å². The van der Waals surface area contributed by atoms with Gasteiger partial charge in [0.1, 0.15) is 5.75 Å². The molecule has 0 unspecified atom stereocenters. The Bertz CT molecular complexity index is 1030. The molecule has 0 saturated heterocycles. The van der Waals surface area contributed by atoms with Gasteiger partial charge in [-0.1, -0.05) is 17.3 Å². The second kappa shape index (κ2) is 6.05. The Hall–Kier alpha value is -3.15. The molecule has 4 rings (SSSR count). The number of hydrogen-bond donors (Lipinski definition) is 0. The van der Waals surface area contributed by atoms with Gasteiger partial charge in [-0.25, -0.2) is 0 Å². The maximum atomic E-state index is 5.46. The lowest BCUT2D eigenvalue weighted by molar-refractivity contribution is 0.413. The molecular weight excluding hydrogens is 316 g/mol. The van der Waals surface area contributed by atoms with Crippen LogP contribution in [0.25, 0.3) is 33.7 Å². The molecule has 6 nitrogen and oxygen atoms in total. The fourth-order valence-corrected chi connectivity index (χ4v) is 2.88. The minimum atomic E-state index is 0.309. The molecule has 0 bridgehead atoms. The van der Waals surface area contributed by atoms with Crippen LogP contribution >= 0.6 is 0 Å². The van der Waals surface area contributed by atoms with Gasteiger partial charge in [-0.3, -0.25) is 4.68 Å². The summed E-state index contributed by atoms with van der Waals surface area (Å²) in [5.74, 6) is 1.69. The van der Waals surface area contributed by atoms with Crippen molar-refractivity contribution in [2.75, 3.05) is 7.11 Å². The highest BCUT2D eigenvalue weighted by atomic mass is 16.5. The van der Waals surface area contributed by atoms with Crippen LogP contribution in [0.15, 0.2) is 53.2 Å². The maximum absolute atomic E-state index is 5.46. The van der Waals surface area contributed by atoms with Gasteiger partial charge in [0.15, 0.2) is 0 Å². The zero-order chi connectivity index (χ0) is 17.4. The number of fused-ring (bicyclic) bond motifs is 1. The first kappa shape index (κ1) is 15.4. The van der Waals surface area contributed by atoms with E-state index in [1.54, 1.807) is 7.11 Å². The summed E-state index contributed by atoms with van der Waals surface area (Å²) < 4.78 is 12.8. The van der Waals surface area contributed by atoms with Crippen molar-refractivity contribution in [3.05, 3.63) is 48.7 Å². The van der Waals surface area contributed by atoms with E-state index in [1.165, 1.54) is 0 Å². The second-order valence-electron chi connectivity index (χ2n) is 6.08. The summed E-state index contributed by atoms with van der Waals surface area (Å²) in [6.45, 7) is 4.22. The summed E-state index contributed by atoms with van der Waals surface area (Å²) in [6.07, 6.45) is 1.86. The van der Waals surface area contributed by atoms with Crippen LogP contribution < -0.4 is 4.74 Å². The number of methoxy groups -OCH3 is 1. The molecule has 25 heavy (non-hydrogen) atoms. The Kier molecular flexibility index (Phi) is 3.72. The molecule has 0 atom stereocenters. The summed E-state index contributed by atoms with van der Waals surface area (Å²) in [7, 11) is 1.63.